The second kappa shape index (κ2) is 6.88. The Morgan fingerprint density at radius 2 is 1.89 bits per heavy atom. The second-order valence-electron chi connectivity index (χ2n) is 5.00. The molecule has 1 N–H and O–H groups in total. The van der Waals surface area contributed by atoms with Crippen LogP contribution in [0.1, 0.15) is 32.6 Å². The number of rotatable bonds is 6. The Labute approximate surface area is 113 Å². The molecule has 7 heteroatoms. The van der Waals surface area contributed by atoms with Gasteiger partial charge in [0.15, 0.2) is 9.84 Å². The molecule has 0 aromatic carbocycles. The standard InChI is InChI=1S/C12H21NO5S/c1-9(14)13-11(12(15)18-2)8-19(16,17)7-10-5-3-4-6-10/h10-11H,3-8H2,1-2H3,(H,13,14). The van der Waals surface area contributed by atoms with E-state index < -0.39 is 33.5 Å². The van der Waals surface area contributed by atoms with Crippen molar-refractivity contribution in [1.82, 2.24) is 5.32 Å². The molecule has 0 spiro atoms. The van der Waals surface area contributed by atoms with Crippen molar-refractivity contribution >= 4 is 21.7 Å². The molecule has 1 rings (SSSR count). The van der Waals surface area contributed by atoms with E-state index in [0.29, 0.717) is 0 Å². The van der Waals surface area contributed by atoms with Crippen LogP contribution < -0.4 is 5.32 Å². The van der Waals surface area contributed by atoms with Crippen molar-refractivity contribution in [3.05, 3.63) is 0 Å². The van der Waals surface area contributed by atoms with Crippen molar-refractivity contribution in [2.75, 3.05) is 18.6 Å². The predicted octanol–water partition coefficient (Wildman–Crippen LogP) is 0.269. The molecule has 0 bridgehead atoms. The van der Waals surface area contributed by atoms with Gasteiger partial charge in [0.1, 0.15) is 6.04 Å². The van der Waals surface area contributed by atoms with Gasteiger partial charge >= 0.3 is 5.97 Å². The zero-order valence-electron chi connectivity index (χ0n) is 11.3. The summed E-state index contributed by atoms with van der Waals surface area (Å²) in [6.07, 6.45) is 3.96. The molecule has 19 heavy (non-hydrogen) atoms. The van der Waals surface area contributed by atoms with Gasteiger partial charge in [-0.3, -0.25) is 4.79 Å². The highest BCUT2D eigenvalue weighted by Crippen LogP contribution is 2.26. The fourth-order valence-electron chi connectivity index (χ4n) is 2.41. The van der Waals surface area contributed by atoms with Crippen LogP contribution in [0.15, 0.2) is 0 Å². The average Bonchev–Trinajstić information content (AvgIpc) is 2.77. The third-order valence-electron chi connectivity index (χ3n) is 3.25. The minimum absolute atomic E-state index is 0.0834. The third-order valence-corrected chi connectivity index (χ3v) is 5.07. The highest BCUT2D eigenvalue weighted by molar-refractivity contribution is 7.91. The summed E-state index contributed by atoms with van der Waals surface area (Å²) in [6, 6.07) is -1.12. The highest BCUT2D eigenvalue weighted by Gasteiger charge is 2.29. The summed E-state index contributed by atoms with van der Waals surface area (Å²) in [5, 5.41) is 2.32. The van der Waals surface area contributed by atoms with Gasteiger partial charge in [0, 0.05) is 6.92 Å². The van der Waals surface area contributed by atoms with Crippen LogP contribution >= 0.6 is 0 Å². The summed E-state index contributed by atoms with van der Waals surface area (Å²) < 4.78 is 28.6. The van der Waals surface area contributed by atoms with Crippen LogP contribution in [0.3, 0.4) is 0 Å². The van der Waals surface area contributed by atoms with E-state index in [1.54, 1.807) is 0 Å². The lowest BCUT2D eigenvalue weighted by Gasteiger charge is -2.17. The normalized spacial score (nSPS) is 18.0. The molecule has 1 fully saturated rings. The van der Waals surface area contributed by atoms with Crippen molar-refractivity contribution in [3.63, 3.8) is 0 Å². The highest BCUT2D eigenvalue weighted by atomic mass is 32.2. The minimum Gasteiger partial charge on any atom is -0.467 e. The summed E-state index contributed by atoms with van der Waals surface area (Å²) in [4.78, 5) is 22.5. The van der Waals surface area contributed by atoms with Crippen LogP contribution in [-0.2, 0) is 24.2 Å². The quantitative estimate of drug-likeness (QED) is 0.709. The zero-order chi connectivity index (χ0) is 14.5. The molecule has 1 saturated carbocycles. The van der Waals surface area contributed by atoms with Crippen molar-refractivity contribution < 1.29 is 22.7 Å². The van der Waals surface area contributed by atoms with Gasteiger partial charge in [-0.05, 0) is 18.8 Å². The lowest BCUT2D eigenvalue weighted by atomic mass is 10.1. The Morgan fingerprint density at radius 3 is 2.37 bits per heavy atom. The number of hydrogen-bond donors (Lipinski definition) is 1. The molecular formula is C12H21NO5S. The Kier molecular flexibility index (Phi) is 5.78. The number of amides is 1. The van der Waals surface area contributed by atoms with Crippen LogP contribution in [0.5, 0.6) is 0 Å². The largest absolute Gasteiger partial charge is 0.467 e. The molecule has 0 saturated heterocycles. The van der Waals surface area contributed by atoms with Gasteiger partial charge in [-0.1, -0.05) is 12.8 Å². The first-order valence-corrected chi connectivity index (χ1v) is 8.21. The molecule has 1 unspecified atom stereocenters. The smallest absolute Gasteiger partial charge is 0.329 e. The summed E-state index contributed by atoms with van der Waals surface area (Å²) in [7, 11) is -2.21. The second-order valence-corrected chi connectivity index (χ2v) is 7.16. The first-order chi connectivity index (χ1) is 8.84. The number of ether oxygens (including phenoxy) is 1. The van der Waals surface area contributed by atoms with Crippen molar-refractivity contribution in [1.29, 1.82) is 0 Å². The molecule has 110 valence electrons. The van der Waals surface area contributed by atoms with E-state index in [2.05, 4.69) is 10.1 Å². The Balaban J connectivity index is 2.64. The SMILES string of the molecule is COC(=O)C(CS(=O)(=O)CC1CCCC1)NC(C)=O. The minimum atomic E-state index is -3.38. The number of methoxy groups -OCH3 is 1. The predicted molar refractivity (Wildman–Crippen MR) is 70.2 cm³/mol. The summed E-state index contributed by atoms with van der Waals surface area (Å²) in [5.74, 6) is -1.31. The summed E-state index contributed by atoms with van der Waals surface area (Å²) in [5.41, 5.74) is 0. The molecule has 0 radical (unpaired) electrons. The Hall–Kier alpha value is -1.11. The zero-order valence-corrected chi connectivity index (χ0v) is 12.2. The fraction of sp³-hybridized carbons (Fsp3) is 0.833. The van der Waals surface area contributed by atoms with E-state index in [1.807, 2.05) is 0 Å². The molecule has 0 heterocycles. The van der Waals surface area contributed by atoms with E-state index in [-0.39, 0.29) is 11.7 Å². The van der Waals surface area contributed by atoms with Gasteiger partial charge in [0.25, 0.3) is 0 Å². The average molecular weight is 291 g/mol. The maximum Gasteiger partial charge on any atom is 0.329 e. The molecule has 0 aromatic heterocycles. The van der Waals surface area contributed by atoms with Gasteiger partial charge in [0.2, 0.25) is 5.91 Å². The number of hydrogen-bond acceptors (Lipinski definition) is 5. The van der Waals surface area contributed by atoms with Crippen molar-refractivity contribution in [2.24, 2.45) is 5.92 Å². The van der Waals surface area contributed by atoms with Gasteiger partial charge < -0.3 is 10.1 Å². The van der Waals surface area contributed by atoms with Crippen molar-refractivity contribution in [3.8, 4) is 0 Å². The molecule has 1 aliphatic rings. The molecule has 6 nitrogen and oxygen atoms in total. The van der Waals surface area contributed by atoms with Crippen molar-refractivity contribution in [2.45, 2.75) is 38.6 Å². The van der Waals surface area contributed by atoms with Crippen LogP contribution in [-0.4, -0.2) is 45.0 Å². The summed E-state index contributed by atoms with van der Waals surface area (Å²) >= 11 is 0. The maximum absolute atomic E-state index is 12.0. The van der Waals surface area contributed by atoms with Crippen LogP contribution in [0.25, 0.3) is 0 Å². The van der Waals surface area contributed by atoms with E-state index in [0.717, 1.165) is 25.7 Å². The molecular weight excluding hydrogens is 270 g/mol. The Bertz CT molecular complexity index is 425. The first kappa shape index (κ1) is 15.9. The van der Waals surface area contributed by atoms with Crippen LogP contribution in [0.4, 0.5) is 0 Å². The Morgan fingerprint density at radius 1 is 1.32 bits per heavy atom. The van der Waals surface area contributed by atoms with Crippen LogP contribution in [0.2, 0.25) is 0 Å². The third kappa shape index (κ3) is 5.59. The molecule has 0 aliphatic heterocycles. The molecule has 1 atom stereocenters. The van der Waals surface area contributed by atoms with E-state index in [4.69, 9.17) is 0 Å². The van der Waals surface area contributed by atoms with Gasteiger partial charge in [-0.15, -0.1) is 0 Å². The lowest BCUT2D eigenvalue weighted by Crippen LogP contribution is -2.45. The van der Waals surface area contributed by atoms with Crippen LogP contribution in [0, 0.1) is 5.92 Å². The fourth-order valence-corrected chi connectivity index (χ4v) is 4.33. The van der Waals surface area contributed by atoms with E-state index >= 15 is 0 Å². The first-order valence-electron chi connectivity index (χ1n) is 6.39. The number of carbonyl (C=O) groups excluding carboxylic acids is 2. The summed E-state index contributed by atoms with van der Waals surface area (Å²) in [6.45, 7) is 1.24. The number of carbonyl (C=O) groups is 2. The maximum atomic E-state index is 12.0. The molecule has 0 aromatic rings. The van der Waals surface area contributed by atoms with Gasteiger partial charge in [0.05, 0.1) is 18.6 Å². The molecule has 1 amide bonds. The van der Waals surface area contributed by atoms with E-state index in [1.165, 1.54) is 14.0 Å². The molecule has 1 aliphatic carbocycles. The van der Waals surface area contributed by atoms with Gasteiger partial charge in [-0.25, -0.2) is 13.2 Å². The number of esters is 1. The topological polar surface area (TPSA) is 89.5 Å². The monoisotopic (exact) mass is 291 g/mol. The van der Waals surface area contributed by atoms with E-state index in [9.17, 15) is 18.0 Å². The van der Waals surface area contributed by atoms with Gasteiger partial charge in [-0.2, -0.15) is 0 Å². The number of nitrogens with one attached hydrogen (secondary N) is 1. The number of sulfone groups is 1. The lowest BCUT2D eigenvalue weighted by molar-refractivity contribution is -0.144.